The third kappa shape index (κ3) is 2.20. The van der Waals surface area contributed by atoms with Gasteiger partial charge in [0, 0.05) is 29.2 Å². The number of aromatic amines is 1. The lowest BCUT2D eigenvalue weighted by molar-refractivity contribution is 0.415. The summed E-state index contributed by atoms with van der Waals surface area (Å²) in [6.45, 7) is 0. The summed E-state index contributed by atoms with van der Waals surface area (Å²) < 4.78 is 15.8. The molecule has 0 radical (unpaired) electrons. The maximum absolute atomic E-state index is 12.3. The van der Waals surface area contributed by atoms with Crippen LogP contribution in [-0.4, -0.2) is 24.2 Å². The summed E-state index contributed by atoms with van der Waals surface area (Å²) in [6.07, 6.45) is 1.77. The van der Waals surface area contributed by atoms with Gasteiger partial charge < -0.3 is 18.9 Å². The Bertz CT molecular complexity index is 1110. The van der Waals surface area contributed by atoms with E-state index >= 15 is 0 Å². The van der Waals surface area contributed by atoms with Crippen LogP contribution in [0.15, 0.2) is 51.8 Å². The summed E-state index contributed by atoms with van der Waals surface area (Å²) in [5.41, 5.74) is 1.69. The summed E-state index contributed by atoms with van der Waals surface area (Å²) in [7, 11) is 3.18. The van der Waals surface area contributed by atoms with E-state index < -0.39 is 5.63 Å². The van der Waals surface area contributed by atoms with Crippen LogP contribution in [0.25, 0.3) is 33.3 Å². The van der Waals surface area contributed by atoms with E-state index in [2.05, 4.69) is 9.97 Å². The Kier molecular flexibility index (Phi) is 3.23. The number of benzene rings is 2. The van der Waals surface area contributed by atoms with Crippen molar-refractivity contribution in [2.45, 2.75) is 0 Å². The molecule has 2 heterocycles. The van der Waals surface area contributed by atoms with E-state index in [0.717, 1.165) is 22.2 Å². The third-order valence-corrected chi connectivity index (χ3v) is 3.96. The van der Waals surface area contributed by atoms with Crippen molar-refractivity contribution >= 4 is 21.8 Å². The normalized spacial score (nSPS) is 11.1. The van der Waals surface area contributed by atoms with Gasteiger partial charge in [-0.3, -0.25) is 0 Å². The number of ether oxygens (including phenoxy) is 2. The quantitative estimate of drug-likeness (QED) is 0.626. The molecule has 0 atom stereocenters. The van der Waals surface area contributed by atoms with Gasteiger partial charge >= 0.3 is 5.63 Å². The first-order valence-corrected chi connectivity index (χ1v) is 7.34. The SMILES string of the molecule is COc1ccc2c(=O)oc(-c3c[nH]c4cc(OC)ccc34)nc2c1. The number of rotatable bonds is 3. The number of methoxy groups -OCH3 is 2. The summed E-state index contributed by atoms with van der Waals surface area (Å²) >= 11 is 0. The first-order valence-electron chi connectivity index (χ1n) is 7.34. The Balaban J connectivity index is 1.94. The molecule has 2 aromatic carbocycles. The van der Waals surface area contributed by atoms with Crippen molar-refractivity contribution in [3.63, 3.8) is 0 Å². The Morgan fingerprint density at radius 1 is 1.00 bits per heavy atom. The summed E-state index contributed by atoms with van der Waals surface area (Å²) in [4.78, 5) is 19.9. The van der Waals surface area contributed by atoms with Gasteiger partial charge in [-0.15, -0.1) is 0 Å². The number of nitrogens with one attached hydrogen (secondary N) is 1. The summed E-state index contributed by atoms with van der Waals surface area (Å²) in [6, 6.07) is 10.7. The summed E-state index contributed by atoms with van der Waals surface area (Å²) in [5, 5.41) is 1.31. The van der Waals surface area contributed by atoms with E-state index in [1.165, 1.54) is 0 Å². The molecule has 2 aromatic heterocycles. The largest absolute Gasteiger partial charge is 0.497 e. The van der Waals surface area contributed by atoms with Gasteiger partial charge in [0.2, 0.25) is 5.89 Å². The fourth-order valence-corrected chi connectivity index (χ4v) is 2.70. The predicted octanol–water partition coefficient (Wildman–Crippen LogP) is 3.35. The van der Waals surface area contributed by atoms with Crippen LogP contribution in [-0.2, 0) is 0 Å². The van der Waals surface area contributed by atoms with Crippen molar-refractivity contribution in [3.8, 4) is 23.0 Å². The molecule has 0 aliphatic rings. The molecular formula is C18H14N2O4. The van der Waals surface area contributed by atoms with Crippen molar-refractivity contribution in [2.24, 2.45) is 0 Å². The molecule has 0 saturated heterocycles. The highest BCUT2D eigenvalue weighted by Crippen LogP contribution is 2.30. The minimum Gasteiger partial charge on any atom is -0.497 e. The van der Waals surface area contributed by atoms with Crippen molar-refractivity contribution in [1.29, 1.82) is 0 Å². The number of hydrogen-bond acceptors (Lipinski definition) is 5. The third-order valence-electron chi connectivity index (χ3n) is 3.96. The molecule has 120 valence electrons. The molecule has 6 heteroatoms. The van der Waals surface area contributed by atoms with Crippen LogP contribution in [0.5, 0.6) is 11.5 Å². The lowest BCUT2D eigenvalue weighted by atomic mass is 10.1. The highest BCUT2D eigenvalue weighted by atomic mass is 16.5. The lowest BCUT2D eigenvalue weighted by Crippen LogP contribution is -2.03. The number of H-pyrrole nitrogens is 1. The molecule has 1 N–H and O–H groups in total. The molecule has 0 fully saturated rings. The van der Waals surface area contributed by atoms with Gasteiger partial charge in [-0.2, -0.15) is 0 Å². The van der Waals surface area contributed by atoms with Gasteiger partial charge in [-0.25, -0.2) is 9.78 Å². The van der Waals surface area contributed by atoms with Gasteiger partial charge in [0.15, 0.2) is 0 Å². The second kappa shape index (κ2) is 5.42. The van der Waals surface area contributed by atoms with E-state index in [0.29, 0.717) is 16.7 Å². The fraction of sp³-hybridized carbons (Fsp3) is 0.111. The van der Waals surface area contributed by atoms with Crippen molar-refractivity contribution in [2.75, 3.05) is 14.2 Å². The zero-order valence-electron chi connectivity index (χ0n) is 13.1. The molecular weight excluding hydrogens is 308 g/mol. The average molecular weight is 322 g/mol. The number of fused-ring (bicyclic) bond motifs is 2. The number of aromatic nitrogens is 2. The van der Waals surface area contributed by atoms with Gasteiger partial charge in [-0.05, 0) is 24.3 Å². The monoisotopic (exact) mass is 322 g/mol. The molecule has 0 aliphatic carbocycles. The zero-order chi connectivity index (χ0) is 16.7. The second-order valence-corrected chi connectivity index (χ2v) is 5.30. The van der Waals surface area contributed by atoms with Crippen LogP contribution in [0.1, 0.15) is 0 Å². The maximum Gasteiger partial charge on any atom is 0.347 e. The molecule has 24 heavy (non-hydrogen) atoms. The zero-order valence-corrected chi connectivity index (χ0v) is 13.1. The molecule has 0 unspecified atom stereocenters. The second-order valence-electron chi connectivity index (χ2n) is 5.30. The van der Waals surface area contributed by atoms with E-state index in [4.69, 9.17) is 13.9 Å². The van der Waals surface area contributed by atoms with E-state index in [1.807, 2.05) is 18.2 Å². The lowest BCUT2D eigenvalue weighted by Gasteiger charge is -2.03. The first kappa shape index (κ1) is 14.3. The molecule has 0 amide bonds. The van der Waals surface area contributed by atoms with Crippen LogP contribution in [0.3, 0.4) is 0 Å². The minimum atomic E-state index is -0.430. The average Bonchev–Trinajstić information content (AvgIpc) is 3.04. The smallest absolute Gasteiger partial charge is 0.347 e. The van der Waals surface area contributed by atoms with Crippen LogP contribution in [0.4, 0.5) is 0 Å². The highest BCUT2D eigenvalue weighted by molar-refractivity contribution is 5.94. The van der Waals surface area contributed by atoms with Crippen LogP contribution >= 0.6 is 0 Å². The van der Waals surface area contributed by atoms with Crippen molar-refractivity contribution < 1.29 is 13.9 Å². The highest BCUT2D eigenvalue weighted by Gasteiger charge is 2.14. The standard InChI is InChI=1S/C18H14N2O4/c1-22-10-3-5-12-14(9-19-15(12)7-10)17-20-16-8-11(23-2)4-6-13(16)18(21)24-17/h3-9,19H,1-2H3. The van der Waals surface area contributed by atoms with E-state index in [1.54, 1.807) is 38.6 Å². The van der Waals surface area contributed by atoms with Crippen LogP contribution in [0.2, 0.25) is 0 Å². The molecule has 4 aromatic rings. The van der Waals surface area contributed by atoms with Crippen LogP contribution < -0.4 is 15.1 Å². The molecule has 0 aliphatic heterocycles. The van der Waals surface area contributed by atoms with Gasteiger partial charge in [-0.1, -0.05) is 0 Å². The van der Waals surface area contributed by atoms with Crippen LogP contribution in [0, 0.1) is 0 Å². The van der Waals surface area contributed by atoms with Gasteiger partial charge in [0.25, 0.3) is 0 Å². The topological polar surface area (TPSA) is 77.3 Å². The van der Waals surface area contributed by atoms with Crippen molar-refractivity contribution in [3.05, 3.63) is 53.0 Å². The van der Waals surface area contributed by atoms with Gasteiger partial charge in [0.1, 0.15) is 11.5 Å². The molecule has 0 bridgehead atoms. The Labute approximate surface area is 136 Å². The minimum absolute atomic E-state index is 0.261. The maximum atomic E-state index is 12.3. The Hall–Kier alpha value is -3.28. The number of hydrogen-bond donors (Lipinski definition) is 1. The fourth-order valence-electron chi connectivity index (χ4n) is 2.70. The molecule has 6 nitrogen and oxygen atoms in total. The molecule has 4 rings (SSSR count). The van der Waals surface area contributed by atoms with E-state index in [9.17, 15) is 4.79 Å². The van der Waals surface area contributed by atoms with Gasteiger partial charge in [0.05, 0.1) is 30.7 Å². The summed E-state index contributed by atoms with van der Waals surface area (Å²) in [5.74, 6) is 1.64. The molecule has 0 spiro atoms. The van der Waals surface area contributed by atoms with Crippen molar-refractivity contribution in [1.82, 2.24) is 9.97 Å². The Morgan fingerprint density at radius 3 is 2.46 bits per heavy atom. The van der Waals surface area contributed by atoms with E-state index in [-0.39, 0.29) is 5.89 Å². The molecule has 0 saturated carbocycles. The Morgan fingerprint density at radius 2 is 1.71 bits per heavy atom. The number of nitrogens with zero attached hydrogens (tertiary/aromatic N) is 1. The first-order chi connectivity index (χ1) is 11.7. The predicted molar refractivity (Wildman–Crippen MR) is 90.7 cm³/mol.